The van der Waals surface area contributed by atoms with Crippen LogP contribution in [-0.4, -0.2) is 46.9 Å². The maximum Gasteiger partial charge on any atom is 0.336 e. The highest BCUT2D eigenvalue weighted by atomic mass is 16.5. The fourth-order valence-corrected chi connectivity index (χ4v) is 4.22. The fraction of sp³-hybridized carbons (Fsp3) is 0.214. The molecule has 2 aromatic heterocycles. The summed E-state index contributed by atoms with van der Waals surface area (Å²) in [5.74, 6) is 1.17. The molecule has 1 N–H and O–H groups in total. The third-order valence-corrected chi connectivity index (χ3v) is 6.13. The van der Waals surface area contributed by atoms with Crippen molar-refractivity contribution in [3.05, 3.63) is 102 Å². The zero-order valence-corrected chi connectivity index (χ0v) is 19.9. The van der Waals surface area contributed by atoms with Gasteiger partial charge in [-0.25, -0.2) is 4.79 Å². The highest BCUT2D eigenvalue weighted by molar-refractivity contribution is 5.91. The number of carbonyl (C=O) groups is 1. The van der Waals surface area contributed by atoms with Crippen LogP contribution < -0.4 is 19.1 Å². The van der Waals surface area contributed by atoms with E-state index in [0.29, 0.717) is 43.3 Å². The maximum atomic E-state index is 11.9. The molecule has 0 atom stereocenters. The van der Waals surface area contributed by atoms with Crippen LogP contribution in [0.3, 0.4) is 0 Å². The number of pyridine rings is 1. The van der Waals surface area contributed by atoms with Crippen molar-refractivity contribution in [3.8, 4) is 17.2 Å². The number of hydrogen-bond acceptors (Lipinski definition) is 6. The number of anilines is 1. The number of hydrogen-bond donors (Lipinski definition) is 1. The molecule has 0 amide bonds. The second-order valence-electron chi connectivity index (χ2n) is 8.60. The maximum absolute atomic E-state index is 11.9. The second-order valence-corrected chi connectivity index (χ2v) is 8.60. The van der Waals surface area contributed by atoms with Crippen LogP contribution in [0.2, 0.25) is 0 Å². The van der Waals surface area contributed by atoms with Gasteiger partial charge in [0.1, 0.15) is 30.0 Å². The summed E-state index contributed by atoms with van der Waals surface area (Å²) in [7, 11) is 1.59. The highest BCUT2D eigenvalue weighted by Gasteiger charge is 2.31. The van der Waals surface area contributed by atoms with Crippen molar-refractivity contribution in [2.45, 2.75) is 19.3 Å². The van der Waals surface area contributed by atoms with E-state index in [0.717, 1.165) is 22.6 Å². The van der Waals surface area contributed by atoms with Gasteiger partial charge in [-0.1, -0.05) is 18.2 Å². The van der Waals surface area contributed by atoms with Crippen molar-refractivity contribution < 1.29 is 24.1 Å². The van der Waals surface area contributed by atoms with Gasteiger partial charge in [0.2, 0.25) is 0 Å². The van der Waals surface area contributed by atoms with E-state index in [4.69, 9.17) is 14.2 Å². The predicted molar refractivity (Wildman–Crippen MR) is 135 cm³/mol. The van der Waals surface area contributed by atoms with Gasteiger partial charge in [0.25, 0.3) is 0 Å². The summed E-state index contributed by atoms with van der Waals surface area (Å²) in [5.41, 5.74) is 3.08. The first-order valence-electron chi connectivity index (χ1n) is 11.7. The van der Waals surface area contributed by atoms with Gasteiger partial charge in [-0.05, 0) is 42.0 Å². The molecule has 8 nitrogen and oxygen atoms in total. The molecular weight excluding hydrogens is 458 g/mol. The van der Waals surface area contributed by atoms with E-state index in [1.807, 2.05) is 59.4 Å². The first-order valence-corrected chi connectivity index (χ1v) is 11.7. The van der Waals surface area contributed by atoms with E-state index in [9.17, 15) is 9.90 Å². The Morgan fingerprint density at radius 3 is 2.47 bits per heavy atom. The van der Waals surface area contributed by atoms with Crippen LogP contribution in [-0.2, 0) is 13.2 Å². The number of nitrogens with zero attached hydrogens (tertiary/aromatic N) is 3. The molecule has 4 aromatic rings. The Bertz CT molecular complexity index is 1320. The average Bonchev–Trinajstić information content (AvgIpc) is 3.39. The predicted octanol–water partition coefficient (Wildman–Crippen LogP) is 4.48. The lowest BCUT2D eigenvalue weighted by molar-refractivity contribution is 0.0695. The van der Waals surface area contributed by atoms with Crippen molar-refractivity contribution >= 4 is 11.7 Å². The third kappa shape index (κ3) is 5.27. The summed E-state index contributed by atoms with van der Waals surface area (Å²) in [6.07, 6.45) is 7.19. The topological polar surface area (TPSA) is 86.1 Å². The first-order chi connectivity index (χ1) is 17.6. The Morgan fingerprint density at radius 2 is 1.75 bits per heavy atom. The molecule has 1 aliphatic heterocycles. The molecule has 0 saturated carbocycles. The molecule has 1 fully saturated rings. The van der Waals surface area contributed by atoms with E-state index in [2.05, 4.69) is 9.88 Å². The Hall–Kier alpha value is -4.46. The second kappa shape index (κ2) is 10.4. The summed E-state index contributed by atoms with van der Waals surface area (Å²) in [4.78, 5) is 18.1. The third-order valence-electron chi connectivity index (χ3n) is 6.13. The first kappa shape index (κ1) is 23.3. The van der Waals surface area contributed by atoms with Gasteiger partial charge in [0.05, 0.1) is 38.2 Å². The smallest absolute Gasteiger partial charge is 0.336 e. The van der Waals surface area contributed by atoms with Gasteiger partial charge >= 0.3 is 5.97 Å². The number of carboxylic acids is 1. The van der Waals surface area contributed by atoms with E-state index < -0.39 is 5.97 Å². The normalized spacial score (nSPS) is 13.2. The van der Waals surface area contributed by atoms with E-state index in [1.165, 1.54) is 0 Å². The lowest BCUT2D eigenvalue weighted by Gasteiger charge is -2.41. The Balaban J connectivity index is 1.18. The fourth-order valence-electron chi connectivity index (χ4n) is 4.22. The quantitative estimate of drug-likeness (QED) is 0.354. The van der Waals surface area contributed by atoms with Crippen LogP contribution in [0, 0.1) is 0 Å². The van der Waals surface area contributed by atoms with Crippen LogP contribution in [0.1, 0.15) is 21.5 Å². The molecule has 0 bridgehead atoms. The molecule has 0 aliphatic carbocycles. The van der Waals surface area contributed by atoms with Gasteiger partial charge in [0, 0.05) is 36.3 Å². The molecule has 2 aromatic carbocycles. The summed E-state index contributed by atoms with van der Waals surface area (Å²) in [6.45, 7) is 2.30. The molecule has 3 heterocycles. The van der Waals surface area contributed by atoms with E-state index >= 15 is 0 Å². The number of benzene rings is 2. The standard InChI is InChI=1S/C28H27N3O5/c1-34-22-13-23(15-29-14-22)35-19-20-7-9-21(10-8-20)36-24-16-31(17-24)27-6-4-5-25(28(32)33)26(27)18-30-11-2-3-12-30/h2-15,24H,16-19H2,1H3,(H,32,33). The Morgan fingerprint density at radius 1 is 1.00 bits per heavy atom. The molecule has 1 aliphatic rings. The summed E-state index contributed by atoms with van der Waals surface area (Å²) < 4.78 is 19.1. The molecule has 1 saturated heterocycles. The summed E-state index contributed by atoms with van der Waals surface area (Å²) in [6, 6.07) is 18.9. The monoisotopic (exact) mass is 485 g/mol. The largest absolute Gasteiger partial charge is 0.495 e. The van der Waals surface area contributed by atoms with Gasteiger partial charge in [-0.2, -0.15) is 0 Å². The Kier molecular flexibility index (Phi) is 6.75. The minimum atomic E-state index is -0.918. The number of aromatic nitrogens is 2. The molecule has 184 valence electrons. The Labute approximate surface area is 209 Å². The van der Waals surface area contributed by atoms with Crippen LogP contribution in [0.15, 0.2) is 85.5 Å². The lowest BCUT2D eigenvalue weighted by Crippen LogP contribution is -2.54. The molecule has 8 heteroatoms. The van der Waals surface area contributed by atoms with Crippen molar-refractivity contribution in [3.63, 3.8) is 0 Å². The molecule has 0 unspecified atom stereocenters. The molecule has 5 rings (SSSR count). The minimum Gasteiger partial charge on any atom is -0.495 e. The highest BCUT2D eigenvalue weighted by Crippen LogP contribution is 2.31. The lowest BCUT2D eigenvalue weighted by atomic mass is 10.0. The number of aromatic carboxylic acids is 1. The van der Waals surface area contributed by atoms with E-state index in [-0.39, 0.29) is 6.10 Å². The summed E-state index contributed by atoms with van der Waals surface area (Å²) >= 11 is 0. The van der Waals surface area contributed by atoms with Gasteiger partial charge in [-0.3, -0.25) is 4.98 Å². The molecule has 36 heavy (non-hydrogen) atoms. The number of carboxylic acid groups (broad SMARTS) is 1. The molecular formula is C28H27N3O5. The number of methoxy groups -OCH3 is 1. The van der Waals surface area contributed by atoms with E-state index in [1.54, 1.807) is 37.7 Å². The molecule has 0 radical (unpaired) electrons. The van der Waals surface area contributed by atoms with Crippen molar-refractivity contribution in [1.82, 2.24) is 9.55 Å². The summed E-state index contributed by atoms with van der Waals surface area (Å²) in [5, 5.41) is 9.72. The van der Waals surface area contributed by atoms with Crippen molar-refractivity contribution in [2.24, 2.45) is 0 Å². The van der Waals surface area contributed by atoms with Gasteiger partial charge in [-0.15, -0.1) is 0 Å². The van der Waals surface area contributed by atoms with Crippen LogP contribution >= 0.6 is 0 Å². The van der Waals surface area contributed by atoms with Crippen LogP contribution in [0.5, 0.6) is 17.2 Å². The zero-order chi connectivity index (χ0) is 24.9. The molecule has 0 spiro atoms. The van der Waals surface area contributed by atoms with Crippen LogP contribution in [0.25, 0.3) is 0 Å². The average molecular weight is 486 g/mol. The zero-order valence-electron chi connectivity index (χ0n) is 19.9. The van der Waals surface area contributed by atoms with Gasteiger partial charge in [0.15, 0.2) is 0 Å². The van der Waals surface area contributed by atoms with Crippen LogP contribution in [0.4, 0.5) is 5.69 Å². The minimum absolute atomic E-state index is 0.0304. The number of rotatable bonds is 10. The van der Waals surface area contributed by atoms with Gasteiger partial charge < -0.3 is 28.8 Å². The van der Waals surface area contributed by atoms with Crippen molar-refractivity contribution in [2.75, 3.05) is 25.1 Å². The SMILES string of the molecule is COc1cncc(OCc2ccc(OC3CN(c4cccc(C(=O)O)c4Cn4cccc4)C3)cc2)c1. The van der Waals surface area contributed by atoms with Crippen molar-refractivity contribution in [1.29, 1.82) is 0 Å². The number of ether oxygens (including phenoxy) is 3.